The first kappa shape index (κ1) is 21.2. The Kier molecular flexibility index (Phi) is 6.98. The zero-order chi connectivity index (χ0) is 20.8. The Balaban J connectivity index is 2.04. The Bertz CT molecular complexity index is 870. The summed E-state index contributed by atoms with van der Waals surface area (Å²) >= 11 is 0. The molecule has 7 heteroatoms. The van der Waals surface area contributed by atoms with E-state index in [0.717, 1.165) is 5.56 Å². The minimum absolute atomic E-state index is 0.169. The van der Waals surface area contributed by atoms with E-state index in [4.69, 9.17) is 4.42 Å². The van der Waals surface area contributed by atoms with Gasteiger partial charge in [-0.25, -0.2) is 0 Å². The highest BCUT2D eigenvalue weighted by Crippen LogP contribution is 2.13. The van der Waals surface area contributed by atoms with Gasteiger partial charge >= 0.3 is 0 Å². The van der Waals surface area contributed by atoms with Gasteiger partial charge in [-0.1, -0.05) is 32.0 Å². The molecule has 0 aliphatic carbocycles. The van der Waals surface area contributed by atoms with Gasteiger partial charge in [-0.15, -0.1) is 0 Å². The highest BCUT2D eigenvalue weighted by atomic mass is 16.3. The van der Waals surface area contributed by atoms with Gasteiger partial charge in [-0.2, -0.15) is 0 Å². The summed E-state index contributed by atoms with van der Waals surface area (Å²) in [6.45, 7) is 9.16. The highest BCUT2D eigenvalue weighted by Gasteiger charge is 2.24. The first-order valence-electron chi connectivity index (χ1n) is 9.22. The SMILES string of the molecule is Cc1cc(C(=O)NNC(=O)[C@@H](CC(C)C)NC(=O)c2ccccc2C)c(C)o1. The molecule has 0 saturated heterocycles. The molecule has 7 nitrogen and oxygen atoms in total. The van der Waals surface area contributed by atoms with Crippen LogP contribution in [0.2, 0.25) is 0 Å². The number of aryl methyl sites for hydroxylation is 3. The second-order valence-corrected chi connectivity index (χ2v) is 7.24. The maximum atomic E-state index is 12.6. The van der Waals surface area contributed by atoms with Crippen molar-refractivity contribution >= 4 is 17.7 Å². The van der Waals surface area contributed by atoms with Gasteiger partial charge in [-0.05, 0) is 50.8 Å². The normalized spacial score (nSPS) is 11.8. The predicted octanol–water partition coefficient (Wildman–Crippen LogP) is 2.81. The van der Waals surface area contributed by atoms with Crippen molar-refractivity contribution in [2.75, 3.05) is 0 Å². The van der Waals surface area contributed by atoms with E-state index < -0.39 is 17.9 Å². The molecule has 0 aliphatic heterocycles. The standard InChI is InChI=1S/C21H27N3O4/c1-12(2)10-18(22-19(25)16-9-7-6-8-13(16)3)21(27)24-23-20(26)17-11-14(4)28-15(17)5/h6-9,11-12,18H,10H2,1-5H3,(H,22,25)(H,23,26)(H,24,27)/t18-/m1/s1. The summed E-state index contributed by atoms with van der Waals surface area (Å²) in [5, 5.41) is 2.76. The lowest BCUT2D eigenvalue weighted by molar-refractivity contribution is -0.124. The van der Waals surface area contributed by atoms with E-state index in [9.17, 15) is 14.4 Å². The number of benzene rings is 1. The number of hydrogen-bond donors (Lipinski definition) is 3. The van der Waals surface area contributed by atoms with E-state index in [1.54, 1.807) is 32.0 Å². The fourth-order valence-corrected chi connectivity index (χ4v) is 2.90. The van der Waals surface area contributed by atoms with E-state index in [2.05, 4.69) is 16.2 Å². The second-order valence-electron chi connectivity index (χ2n) is 7.24. The molecule has 0 radical (unpaired) electrons. The molecule has 1 heterocycles. The summed E-state index contributed by atoms with van der Waals surface area (Å²) in [4.78, 5) is 37.4. The van der Waals surface area contributed by atoms with E-state index in [1.165, 1.54) is 0 Å². The minimum atomic E-state index is -0.778. The Hall–Kier alpha value is -3.09. The van der Waals surface area contributed by atoms with Crippen LogP contribution in [0.1, 0.15) is 58.1 Å². The molecule has 0 saturated carbocycles. The molecular weight excluding hydrogens is 358 g/mol. The summed E-state index contributed by atoms with van der Waals surface area (Å²) in [7, 11) is 0. The average molecular weight is 385 g/mol. The van der Waals surface area contributed by atoms with Gasteiger partial charge in [0.2, 0.25) is 0 Å². The topological polar surface area (TPSA) is 100 Å². The molecule has 0 aliphatic rings. The Labute approximate surface area is 164 Å². The van der Waals surface area contributed by atoms with Crippen LogP contribution in [0, 0.1) is 26.7 Å². The zero-order valence-corrected chi connectivity index (χ0v) is 16.9. The van der Waals surface area contributed by atoms with Gasteiger partial charge in [0.15, 0.2) is 0 Å². The molecule has 0 fully saturated rings. The largest absolute Gasteiger partial charge is 0.466 e. The van der Waals surface area contributed by atoms with Crippen molar-refractivity contribution in [2.24, 2.45) is 5.92 Å². The monoisotopic (exact) mass is 385 g/mol. The minimum Gasteiger partial charge on any atom is -0.466 e. The van der Waals surface area contributed by atoms with Crippen LogP contribution in [0.15, 0.2) is 34.7 Å². The lowest BCUT2D eigenvalue weighted by atomic mass is 10.0. The fourth-order valence-electron chi connectivity index (χ4n) is 2.90. The number of carbonyl (C=O) groups is 3. The number of furan rings is 1. The van der Waals surface area contributed by atoms with E-state index >= 15 is 0 Å². The van der Waals surface area contributed by atoms with E-state index in [0.29, 0.717) is 29.1 Å². The lowest BCUT2D eigenvalue weighted by Gasteiger charge is -2.20. The van der Waals surface area contributed by atoms with Gasteiger partial charge in [-0.3, -0.25) is 25.2 Å². The van der Waals surface area contributed by atoms with Crippen molar-refractivity contribution in [3.8, 4) is 0 Å². The predicted molar refractivity (Wildman–Crippen MR) is 106 cm³/mol. The number of hydrazine groups is 1. The van der Waals surface area contributed by atoms with Crippen LogP contribution in [-0.2, 0) is 4.79 Å². The molecule has 3 amide bonds. The molecule has 0 spiro atoms. The van der Waals surface area contributed by atoms with E-state index in [1.807, 2.05) is 32.9 Å². The van der Waals surface area contributed by atoms with Gasteiger partial charge in [0.05, 0.1) is 5.56 Å². The third kappa shape index (κ3) is 5.45. The number of carbonyl (C=O) groups excluding carboxylic acids is 3. The summed E-state index contributed by atoms with van der Waals surface area (Å²) < 4.78 is 5.32. The molecule has 2 aromatic rings. The molecule has 0 unspecified atom stereocenters. The first-order valence-corrected chi connectivity index (χ1v) is 9.22. The number of nitrogens with one attached hydrogen (secondary N) is 3. The molecule has 28 heavy (non-hydrogen) atoms. The van der Waals surface area contributed by atoms with Crippen LogP contribution in [-0.4, -0.2) is 23.8 Å². The van der Waals surface area contributed by atoms with Gasteiger partial charge in [0.25, 0.3) is 17.7 Å². The van der Waals surface area contributed by atoms with Crippen LogP contribution < -0.4 is 16.2 Å². The quantitative estimate of drug-likeness (QED) is 0.666. The van der Waals surface area contributed by atoms with Crippen molar-refractivity contribution in [2.45, 2.75) is 47.1 Å². The Morgan fingerprint density at radius 2 is 1.64 bits per heavy atom. The first-order chi connectivity index (χ1) is 13.2. The van der Waals surface area contributed by atoms with Crippen molar-refractivity contribution in [1.29, 1.82) is 0 Å². The molecule has 1 aromatic heterocycles. The summed E-state index contributed by atoms with van der Waals surface area (Å²) in [6.07, 6.45) is 0.434. The van der Waals surface area contributed by atoms with Crippen molar-refractivity contribution in [3.05, 3.63) is 58.5 Å². The lowest BCUT2D eigenvalue weighted by Crippen LogP contribution is -2.52. The Morgan fingerprint density at radius 1 is 0.964 bits per heavy atom. The van der Waals surface area contributed by atoms with Crippen molar-refractivity contribution in [3.63, 3.8) is 0 Å². The third-order valence-corrected chi connectivity index (χ3v) is 4.30. The summed E-state index contributed by atoms with van der Waals surface area (Å²) in [5.74, 6) is -0.0417. The van der Waals surface area contributed by atoms with Crippen LogP contribution in [0.3, 0.4) is 0 Å². The molecule has 0 bridgehead atoms. The number of hydrogen-bond acceptors (Lipinski definition) is 4. The van der Waals surface area contributed by atoms with Crippen LogP contribution >= 0.6 is 0 Å². The maximum absolute atomic E-state index is 12.6. The van der Waals surface area contributed by atoms with Gasteiger partial charge in [0.1, 0.15) is 17.6 Å². The molecular formula is C21H27N3O4. The smallest absolute Gasteiger partial charge is 0.273 e. The molecule has 2 rings (SSSR count). The zero-order valence-electron chi connectivity index (χ0n) is 16.9. The molecule has 1 aromatic carbocycles. The highest BCUT2D eigenvalue weighted by molar-refractivity contribution is 6.00. The Morgan fingerprint density at radius 3 is 2.21 bits per heavy atom. The van der Waals surface area contributed by atoms with E-state index in [-0.39, 0.29) is 11.8 Å². The van der Waals surface area contributed by atoms with Gasteiger partial charge in [0, 0.05) is 5.56 Å². The molecule has 150 valence electrons. The fraction of sp³-hybridized carbons (Fsp3) is 0.381. The summed E-state index contributed by atoms with van der Waals surface area (Å²) in [5.41, 5.74) is 6.46. The third-order valence-electron chi connectivity index (χ3n) is 4.30. The molecule has 1 atom stereocenters. The van der Waals surface area contributed by atoms with Gasteiger partial charge < -0.3 is 9.73 Å². The molecule has 3 N–H and O–H groups in total. The average Bonchev–Trinajstić information content (AvgIpc) is 2.97. The number of rotatable bonds is 6. The van der Waals surface area contributed by atoms with Crippen LogP contribution in [0.25, 0.3) is 0 Å². The van der Waals surface area contributed by atoms with Crippen LogP contribution in [0.4, 0.5) is 0 Å². The second kappa shape index (κ2) is 9.21. The van der Waals surface area contributed by atoms with Crippen molar-refractivity contribution in [1.82, 2.24) is 16.2 Å². The van der Waals surface area contributed by atoms with Crippen LogP contribution in [0.5, 0.6) is 0 Å². The van der Waals surface area contributed by atoms with Crippen molar-refractivity contribution < 1.29 is 18.8 Å². The maximum Gasteiger partial charge on any atom is 0.273 e. The number of amides is 3. The summed E-state index contributed by atoms with van der Waals surface area (Å²) in [6, 6.07) is 7.99.